The fourth-order valence-corrected chi connectivity index (χ4v) is 0.922. The molecule has 0 unspecified atom stereocenters. The summed E-state index contributed by atoms with van der Waals surface area (Å²) in [4.78, 5) is 0. The van der Waals surface area contributed by atoms with Crippen LogP contribution in [-0.4, -0.2) is 0 Å². The molecule has 0 aliphatic heterocycles. The molecule has 13 heavy (non-hydrogen) atoms. The third-order valence-corrected chi connectivity index (χ3v) is 1.61. The Hall–Kier alpha value is -1.23. The molecule has 0 aliphatic rings. The van der Waals surface area contributed by atoms with Crippen molar-refractivity contribution in [2.75, 3.05) is 0 Å². The van der Waals surface area contributed by atoms with Crippen molar-refractivity contribution in [2.45, 2.75) is 12.2 Å². The maximum Gasteiger partial charge on any atom is 0.419 e. The first-order valence-electron chi connectivity index (χ1n) is 3.48. The molecule has 0 saturated heterocycles. The van der Waals surface area contributed by atoms with E-state index in [4.69, 9.17) is 5.73 Å². The Labute approximate surface area is 72.8 Å². The smallest absolute Gasteiger partial charge is 0.419 e. The van der Waals surface area contributed by atoms with E-state index in [0.717, 1.165) is 6.26 Å². The van der Waals surface area contributed by atoms with Crippen LogP contribution < -0.4 is 5.73 Å². The number of halogens is 3. The van der Waals surface area contributed by atoms with Crippen molar-refractivity contribution < 1.29 is 17.6 Å². The highest BCUT2D eigenvalue weighted by Crippen LogP contribution is 2.34. The van der Waals surface area contributed by atoms with Crippen LogP contribution in [0.1, 0.15) is 17.2 Å². The Morgan fingerprint density at radius 1 is 1.46 bits per heavy atom. The van der Waals surface area contributed by atoms with Crippen molar-refractivity contribution in [3.8, 4) is 0 Å². The van der Waals surface area contributed by atoms with Crippen molar-refractivity contribution in [2.24, 2.45) is 5.73 Å². The molecule has 0 fully saturated rings. The number of furan rings is 1. The quantitative estimate of drug-likeness (QED) is 0.729. The molecule has 2 N–H and O–H groups in total. The molecule has 0 aromatic carbocycles. The lowest BCUT2D eigenvalue weighted by atomic mass is 10.1. The largest absolute Gasteiger partial charge is 0.472 e. The van der Waals surface area contributed by atoms with Crippen LogP contribution in [0.15, 0.2) is 29.6 Å². The number of alkyl halides is 3. The lowest BCUT2D eigenvalue weighted by Crippen LogP contribution is -2.13. The van der Waals surface area contributed by atoms with Gasteiger partial charge in [-0.15, -0.1) is 6.58 Å². The minimum absolute atomic E-state index is 0.0949. The normalized spacial score (nSPS) is 14.2. The summed E-state index contributed by atoms with van der Waals surface area (Å²) < 4.78 is 41.1. The summed E-state index contributed by atoms with van der Waals surface area (Å²) in [5, 5.41) is 0. The van der Waals surface area contributed by atoms with E-state index in [1.165, 1.54) is 6.08 Å². The molecule has 72 valence electrons. The highest BCUT2D eigenvalue weighted by atomic mass is 19.4. The van der Waals surface area contributed by atoms with Crippen molar-refractivity contribution in [3.05, 3.63) is 36.3 Å². The van der Waals surface area contributed by atoms with Crippen LogP contribution in [0.4, 0.5) is 13.2 Å². The zero-order chi connectivity index (χ0) is 10.1. The lowest BCUT2D eigenvalue weighted by molar-refractivity contribution is -0.138. The molecule has 0 saturated carbocycles. The second-order valence-corrected chi connectivity index (χ2v) is 2.50. The minimum atomic E-state index is -4.43. The summed E-state index contributed by atoms with van der Waals surface area (Å²) in [6.45, 7) is 3.31. The Kier molecular flexibility index (Phi) is 2.47. The van der Waals surface area contributed by atoms with Crippen LogP contribution in [0.5, 0.6) is 0 Å². The summed E-state index contributed by atoms with van der Waals surface area (Å²) in [5.41, 5.74) is 4.42. The Morgan fingerprint density at radius 2 is 2.08 bits per heavy atom. The topological polar surface area (TPSA) is 39.2 Å². The first-order chi connectivity index (χ1) is 5.96. The fourth-order valence-electron chi connectivity index (χ4n) is 0.922. The highest BCUT2D eigenvalue weighted by molar-refractivity contribution is 5.29. The van der Waals surface area contributed by atoms with Gasteiger partial charge in [0.15, 0.2) is 0 Å². The van der Waals surface area contributed by atoms with Gasteiger partial charge in [-0.25, -0.2) is 0 Å². The van der Waals surface area contributed by atoms with Gasteiger partial charge in [0.1, 0.15) is 6.26 Å². The van der Waals surface area contributed by atoms with Gasteiger partial charge in [0.05, 0.1) is 17.9 Å². The van der Waals surface area contributed by atoms with E-state index in [9.17, 15) is 13.2 Å². The predicted octanol–water partition coefficient (Wildman–Crippen LogP) is 2.48. The van der Waals surface area contributed by atoms with Crippen molar-refractivity contribution in [1.29, 1.82) is 0 Å². The molecule has 0 aliphatic carbocycles. The molecule has 0 radical (unpaired) electrons. The van der Waals surface area contributed by atoms with Gasteiger partial charge in [-0.2, -0.15) is 13.2 Å². The number of rotatable bonds is 2. The third-order valence-electron chi connectivity index (χ3n) is 1.61. The van der Waals surface area contributed by atoms with Gasteiger partial charge in [-0.3, -0.25) is 0 Å². The second-order valence-electron chi connectivity index (χ2n) is 2.50. The van der Waals surface area contributed by atoms with Gasteiger partial charge in [0.2, 0.25) is 0 Å². The summed E-state index contributed by atoms with van der Waals surface area (Å²) in [6.07, 6.45) is -1.59. The highest BCUT2D eigenvalue weighted by Gasteiger charge is 2.35. The summed E-state index contributed by atoms with van der Waals surface area (Å²) in [7, 11) is 0. The molecule has 1 atom stereocenters. The van der Waals surface area contributed by atoms with E-state index in [-0.39, 0.29) is 5.56 Å². The molecule has 1 rings (SSSR count). The SMILES string of the molecule is C=C[C@H](N)c1cocc1C(F)(F)F. The zero-order valence-electron chi connectivity index (χ0n) is 6.64. The molecular formula is C8H8F3NO. The van der Waals surface area contributed by atoms with Crippen molar-refractivity contribution >= 4 is 0 Å². The predicted molar refractivity (Wildman–Crippen MR) is 40.8 cm³/mol. The molecular weight excluding hydrogens is 183 g/mol. The van der Waals surface area contributed by atoms with Gasteiger partial charge in [0, 0.05) is 5.56 Å². The second kappa shape index (κ2) is 3.26. The Morgan fingerprint density at radius 3 is 2.54 bits per heavy atom. The maximum absolute atomic E-state index is 12.2. The van der Waals surface area contributed by atoms with E-state index >= 15 is 0 Å². The van der Waals surface area contributed by atoms with E-state index in [1.54, 1.807) is 0 Å². The monoisotopic (exact) mass is 191 g/mol. The molecule has 5 heteroatoms. The lowest BCUT2D eigenvalue weighted by Gasteiger charge is -2.09. The van der Waals surface area contributed by atoms with Crippen LogP contribution in [0, 0.1) is 0 Å². The number of nitrogens with two attached hydrogens (primary N) is 1. The van der Waals surface area contributed by atoms with Crippen LogP contribution in [0.3, 0.4) is 0 Å². The Balaban J connectivity index is 3.10. The Bertz CT molecular complexity index is 303. The van der Waals surface area contributed by atoms with Gasteiger partial charge in [0.25, 0.3) is 0 Å². The van der Waals surface area contributed by atoms with E-state index < -0.39 is 17.8 Å². The van der Waals surface area contributed by atoms with E-state index in [1.807, 2.05) is 0 Å². The molecule has 0 bridgehead atoms. The van der Waals surface area contributed by atoms with Gasteiger partial charge < -0.3 is 10.2 Å². The molecule has 2 nitrogen and oxygen atoms in total. The summed E-state index contributed by atoms with van der Waals surface area (Å²) in [6, 6.07) is -0.852. The first kappa shape index (κ1) is 9.85. The van der Waals surface area contributed by atoms with Crippen molar-refractivity contribution in [1.82, 2.24) is 0 Å². The average Bonchev–Trinajstić information content (AvgIpc) is 2.49. The summed E-state index contributed by atoms with van der Waals surface area (Å²) in [5.74, 6) is 0. The molecule has 1 heterocycles. The standard InChI is InChI=1S/C8H8F3NO/c1-2-7(12)5-3-13-4-6(5)8(9,10)11/h2-4,7H,1,12H2/t7-/m0/s1. The van der Waals surface area contributed by atoms with Gasteiger partial charge in [-0.05, 0) is 0 Å². The average molecular weight is 191 g/mol. The fraction of sp³-hybridized carbons (Fsp3) is 0.250. The maximum atomic E-state index is 12.2. The minimum Gasteiger partial charge on any atom is -0.472 e. The molecule has 0 spiro atoms. The number of hydrogen-bond acceptors (Lipinski definition) is 2. The summed E-state index contributed by atoms with van der Waals surface area (Å²) >= 11 is 0. The van der Waals surface area contributed by atoms with E-state index in [2.05, 4.69) is 11.0 Å². The first-order valence-corrected chi connectivity index (χ1v) is 3.48. The van der Waals surface area contributed by atoms with Gasteiger partial charge >= 0.3 is 6.18 Å². The zero-order valence-corrected chi connectivity index (χ0v) is 6.64. The van der Waals surface area contributed by atoms with Crippen LogP contribution in [0.2, 0.25) is 0 Å². The van der Waals surface area contributed by atoms with Crippen LogP contribution >= 0.6 is 0 Å². The van der Waals surface area contributed by atoms with Crippen LogP contribution in [-0.2, 0) is 6.18 Å². The van der Waals surface area contributed by atoms with Gasteiger partial charge in [-0.1, -0.05) is 6.08 Å². The molecule has 0 amide bonds. The third kappa shape index (κ3) is 1.92. The van der Waals surface area contributed by atoms with E-state index in [0.29, 0.717) is 6.26 Å². The van der Waals surface area contributed by atoms with Crippen molar-refractivity contribution in [3.63, 3.8) is 0 Å². The van der Waals surface area contributed by atoms with Crippen LogP contribution in [0.25, 0.3) is 0 Å². The molecule has 1 aromatic rings. The number of hydrogen-bond donors (Lipinski definition) is 1. The molecule has 1 aromatic heterocycles.